The van der Waals surface area contributed by atoms with Gasteiger partial charge in [0.1, 0.15) is 5.82 Å². The van der Waals surface area contributed by atoms with E-state index in [1.807, 2.05) is 13.8 Å². The molecule has 112 valence electrons. The van der Waals surface area contributed by atoms with Crippen molar-refractivity contribution in [1.29, 1.82) is 0 Å². The number of halogens is 3. The molecule has 2 atom stereocenters. The maximum absolute atomic E-state index is 13.7. The van der Waals surface area contributed by atoms with Crippen LogP contribution in [0.3, 0.4) is 0 Å². The van der Waals surface area contributed by atoms with Crippen LogP contribution < -0.4 is 0 Å². The van der Waals surface area contributed by atoms with Gasteiger partial charge in [0.25, 0.3) is 0 Å². The Kier molecular flexibility index (Phi) is 4.64. The van der Waals surface area contributed by atoms with E-state index in [0.29, 0.717) is 13.1 Å². The third-order valence-corrected chi connectivity index (χ3v) is 6.33. The molecule has 7 heteroatoms. The van der Waals surface area contributed by atoms with Crippen molar-refractivity contribution in [2.45, 2.75) is 24.6 Å². The van der Waals surface area contributed by atoms with Gasteiger partial charge in [-0.3, -0.25) is 0 Å². The van der Waals surface area contributed by atoms with Gasteiger partial charge in [0.05, 0.1) is 9.92 Å². The molecule has 1 aliphatic rings. The molecule has 0 saturated carbocycles. The molecule has 0 N–H and O–H groups in total. The molecule has 0 aromatic heterocycles. The number of rotatable bonds is 3. The number of hydrogen-bond acceptors (Lipinski definition) is 2. The molecule has 0 amide bonds. The lowest BCUT2D eigenvalue weighted by Crippen LogP contribution is -2.29. The number of sulfonamides is 1. The third kappa shape index (κ3) is 2.82. The van der Waals surface area contributed by atoms with Gasteiger partial charge in [-0.05, 0) is 29.5 Å². The SMILES string of the molecule is CC1CN(S(=O)(=O)c2cc(F)c(Cl)c(CCl)c2)CC1C. The first-order valence-corrected chi connectivity index (χ1v) is 8.66. The van der Waals surface area contributed by atoms with E-state index in [0.717, 1.165) is 6.07 Å². The first-order valence-electron chi connectivity index (χ1n) is 6.31. The van der Waals surface area contributed by atoms with Crippen molar-refractivity contribution in [3.63, 3.8) is 0 Å². The highest BCUT2D eigenvalue weighted by Gasteiger charge is 2.35. The van der Waals surface area contributed by atoms with Crippen LogP contribution in [0.2, 0.25) is 5.02 Å². The molecule has 1 saturated heterocycles. The van der Waals surface area contributed by atoms with Gasteiger partial charge in [-0.1, -0.05) is 25.4 Å². The summed E-state index contributed by atoms with van der Waals surface area (Å²) in [6.07, 6.45) is 0. The van der Waals surface area contributed by atoms with Gasteiger partial charge in [0, 0.05) is 19.0 Å². The Morgan fingerprint density at radius 1 is 1.30 bits per heavy atom. The molecular weight excluding hydrogens is 324 g/mol. The maximum Gasteiger partial charge on any atom is 0.243 e. The van der Waals surface area contributed by atoms with Crippen molar-refractivity contribution < 1.29 is 12.8 Å². The second-order valence-electron chi connectivity index (χ2n) is 5.29. The van der Waals surface area contributed by atoms with E-state index in [2.05, 4.69) is 0 Å². The van der Waals surface area contributed by atoms with Gasteiger partial charge < -0.3 is 0 Å². The zero-order valence-electron chi connectivity index (χ0n) is 11.2. The Balaban J connectivity index is 2.43. The highest BCUT2D eigenvalue weighted by molar-refractivity contribution is 7.89. The minimum Gasteiger partial charge on any atom is -0.207 e. The highest BCUT2D eigenvalue weighted by Crippen LogP contribution is 2.31. The maximum atomic E-state index is 13.7. The van der Waals surface area contributed by atoms with Gasteiger partial charge >= 0.3 is 0 Å². The second-order valence-corrected chi connectivity index (χ2v) is 7.87. The molecule has 1 aromatic rings. The molecule has 2 unspecified atom stereocenters. The highest BCUT2D eigenvalue weighted by atomic mass is 35.5. The smallest absolute Gasteiger partial charge is 0.207 e. The Morgan fingerprint density at radius 2 is 1.85 bits per heavy atom. The summed E-state index contributed by atoms with van der Waals surface area (Å²) in [7, 11) is -3.70. The van der Waals surface area contributed by atoms with Crippen molar-refractivity contribution in [2.75, 3.05) is 13.1 Å². The first-order chi connectivity index (χ1) is 9.27. The molecule has 0 spiro atoms. The van der Waals surface area contributed by atoms with Gasteiger partial charge in [0.15, 0.2) is 0 Å². The summed E-state index contributed by atoms with van der Waals surface area (Å²) >= 11 is 11.4. The summed E-state index contributed by atoms with van der Waals surface area (Å²) in [6.45, 7) is 4.91. The van der Waals surface area contributed by atoms with E-state index in [1.165, 1.54) is 10.4 Å². The average Bonchev–Trinajstić information content (AvgIpc) is 2.73. The van der Waals surface area contributed by atoms with Crippen LogP contribution in [0, 0.1) is 17.7 Å². The summed E-state index contributed by atoms with van der Waals surface area (Å²) in [6, 6.07) is 2.31. The summed E-state index contributed by atoms with van der Waals surface area (Å²) in [5.41, 5.74) is 0.284. The molecular formula is C13H16Cl2FNO2S. The van der Waals surface area contributed by atoms with Crippen LogP contribution in [0.15, 0.2) is 17.0 Å². The van der Waals surface area contributed by atoms with Crippen LogP contribution in [0.4, 0.5) is 4.39 Å². The summed E-state index contributed by atoms with van der Waals surface area (Å²) < 4.78 is 40.2. The van der Waals surface area contributed by atoms with Crippen LogP contribution in [0.25, 0.3) is 0 Å². The van der Waals surface area contributed by atoms with Crippen molar-refractivity contribution in [1.82, 2.24) is 4.31 Å². The normalized spacial score (nSPS) is 24.2. The molecule has 1 heterocycles. The van der Waals surface area contributed by atoms with Crippen molar-refractivity contribution >= 4 is 33.2 Å². The molecule has 0 radical (unpaired) electrons. The second kappa shape index (κ2) is 5.79. The van der Waals surface area contributed by atoms with Crippen molar-refractivity contribution in [3.8, 4) is 0 Å². The number of alkyl halides is 1. The van der Waals surface area contributed by atoms with E-state index >= 15 is 0 Å². The third-order valence-electron chi connectivity index (χ3n) is 3.81. The first kappa shape index (κ1) is 16.0. The fourth-order valence-corrected chi connectivity index (χ4v) is 4.45. The molecule has 20 heavy (non-hydrogen) atoms. The van der Waals surface area contributed by atoms with Crippen molar-refractivity contribution in [2.24, 2.45) is 11.8 Å². The molecule has 0 bridgehead atoms. The number of benzene rings is 1. The molecule has 1 aliphatic heterocycles. The summed E-state index contributed by atoms with van der Waals surface area (Å²) in [5.74, 6) is -0.223. The fourth-order valence-electron chi connectivity index (χ4n) is 2.29. The topological polar surface area (TPSA) is 37.4 Å². The quantitative estimate of drug-likeness (QED) is 0.790. The van der Waals surface area contributed by atoms with Crippen LogP contribution in [0.1, 0.15) is 19.4 Å². The minimum atomic E-state index is -3.70. The predicted molar refractivity (Wildman–Crippen MR) is 78.1 cm³/mol. The standard InChI is InChI=1S/C13H16Cl2FNO2S/c1-8-6-17(7-9(8)2)20(18,19)11-3-10(5-14)13(15)12(16)4-11/h3-4,8-9H,5-7H2,1-2H3. The fraction of sp³-hybridized carbons (Fsp3) is 0.538. The summed E-state index contributed by atoms with van der Waals surface area (Å²) in [5, 5.41) is -0.123. The average molecular weight is 340 g/mol. The zero-order valence-corrected chi connectivity index (χ0v) is 13.6. The molecule has 2 rings (SSSR count). The Hall–Kier alpha value is -0.360. The van der Waals surface area contributed by atoms with Crippen LogP contribution in [-0.4, -0.2) is 25.8 Å². The lowest BCUT2D eigenvalue weighted by molar-refractivity contribution is 0.462. The van der Waals surface area contributed by atoms with Crippen molar-refractivity contribution in [3.05, 3.63) is 28.5 Å². The van der Waals surface area contributed by atoms with Crippen LogP contribution in [0.5, 0.6) is 0 Å². The molecule has 1 aromatic carbocycles. The van der Waals surface area contributed by atoms with Gasteiger partial charge in [-0.25, -0.2) is 12.8 Å². The van der Waals surface area contributed by atoms with E-state index in [-0.39, 0.29) is 33.2 Å². The van der Waals surface area contributed by atoms with Crippen LogP contribution >= 0.6 is 23.2 Å². The van der Waals surface area contributed by atoms with E-state index in [9.17, 15) is 12.8 Å². The van der Waals surface area contributed by atoms with Gasteiger partial charge in [0.2, 0.25) is 10.0 Å². The molecule has 0 aliphatic carbocycles. The van der Waals surface area contributed by atoms with Gasteiger partial charge in [-0.2, -0.15) is 4.31 Å². The lowest BCUT2D eigenvalue weighted by Gasteiger charge is -2.17. The van der Waals surface area contributed by atoms with E-state index in [4.69, 9.17) is 23.2 Å². The number of hydrogen-bond donors (Lipinski definition) is 0. The van der Waals surface area contributed by atoms with Crippen LogP contribution in [-0.2, 0) is 15.9 Å². The predicted octanol–water partition coefficient (Wildman–Crippen LogP) is 3.49. The molecule has 1 fully saturated rings. The Labute approximate surface area is 128 Å². The Morgan fingerprint density at radius 3 is 2.35 bits per heavy atom. The van der Waals surface area contributed by atoms with E-state index in [1.54, 1.807) is 0 Å². The number of nitrogens with zero attached hydrogens (tertiary/aromatic N) is 1. The van der Waals surface area contributed by atoms with Gasteiger partial charge in [-0.15, -0.1) is 11.6 Å². The zero-order chi connectivity index (χ0) is 15.1. The lowest BCUT2D eigenvalue weighted by atomic mass is 10.0. The Bertz CT molecular complexity index is 611. The summed E-state index contributed by atoms with van der Waals surface area (Å²) in [4.78, 5) is -0.0867. The van der Waals surface area contributed by atoms with E-state index < -0.39 is 15.8 Å². The monoisotopic (exact) mass is 339 g/mol. The minimum absolute atomic E-state index is 0.0358. The molecule has 3 nitrogen and oxygen atoms in total. The largest absolute Gasteiger partial charge is 0.243 e.